The molecule has 5 rings (SSSR count). The first-order chi connectivity index (χ1) is 18.1. The fourth-order valence-electron chi connectivity index (χ4n) is 3.87. The molecule has 0 aliphatic carbocycles. The molecule has 0 spiro atoms. The van der Waals surface area contributed by atoms with Crippen LogP contribution in [-0.4, -0.2) is 21.2 Å². The molecule has 0 saturated heterocycles. The molecule has 5 aromatic rings. The van der Waals surface area contributed by atoms with E-state index in [1.165, 1.54) is 5.56 Å². The molecule has 0 bridgehead atoms. The Morgan fingerprint density at radius 2 is 1.42 bits per heavy atom. The van der Waals surface area contributed by atoms with Crippen molar-refractivity contribution in [2.75, 3.05) is 0 Å². The van der Waals surface area contributed by atoms with Gasteiger partial charge in [-0.3, -0.25) is 0 Å². The second-order valence-corrected chi connectivity index (χ2v) is 9.14. The Labute approximate surface area is 236 Å². The predicted octanol–water partition coefficient (Wildman–Crippen LogP) is 8.21. The number of hydrogen-bond donors (Lipinski definition) is 0. The van der Waals surface area contributed by atoms with Gasteiger partial charge in [-0.25, -0.2) is 9.78 Å². The molecular weight excluding hydrogens is 541 g/mol. The summed E-state index contributed by atoms with van der Waals surface area (Å²) in [6.07, 6.45) is 5.09. The van der Waals surface area contributed by atoms with E-state index in [4.69, 9.17) is 28.0 Å². The molecule has 1 aromatic heterocycles. The van der Waals surface area contributed by atoms with Crippen molar-refractivity contribution >= 4 is 47.3 Å². The topological polar surface area (TPSA) is 56.5 Å². The van der Waals surface area contributed by atoms with Gasteiger partial charge >= 0.3 is 5.97 Å². The molecule has 0 amide bonds. The molecule has 190 valence electrons. The quantitative estimate of drug-likeness (QED) is 0.114. The summed E-state index contributed by atoms with van der Waals surface area (Å²) in [4.78, 5) is 22.1. The minimum absolute atomic E-state index is 0. The van der Waals surface area contributed by atoms with Crippen molar-refractivity contribution in [1.82, 2.24) is 9.55 Å². The summed E-state index contributed by atoms with van der Waals surface area (Å²) in [5.41, 5.74) is 5.82. The van der Waals surface area contributed by atoms with E-state index in [1.807, 2.05) is 30.3 Å². The van der Waals surface area contributed by atoms with Crippen LogP contribution in [0.4, 0.5) is 0 Å². The largest absolute Gasteiger partial charge is 0.365 e. The summed E-state index contributed by atoms with van der Waals surface area (Å²) in [5, 5.41) is 5.06. The third kappa shape index (κ3) is 6.50. The van der Waals surface area contributed by atoms with Crippen molar-refractivity contribution in [3.8, 4) is 22.3 Å². The normalized spacial score (nSPS) is 11.1. The second kappa shape index (κ2) is 12.6. The Hall–Kier alpha value is -3.90. The number of imidazole rings is 1. The first-order valence-electron chi connectivity index (χ1n) is 11.5. The minimum Gasteiger partial charge on any atom is -0.331 e. The van der Waals surface area contributed by atoms with Gasteiger partial charge in [0.05, 0.1) is 23.5 Å². The third-order valence-electron chi connectivity index (χ3n) is 5.82. The van der Waals surface area contributed by atoms with Gasteiger partial charge in [-0.05, 0) is 52.6 Å². The monoisotopic (exact) mass is 561 g/mol. The fraction of sp³-hybridized carbons (Fsp3) is 0.0333. The van der Waals surface area contributed by atoms with E-state index < -0.39 is 5.97 Å². The molecule has 0 N–H and O–H groups in total. The summed E-state index contributed by atoms with van der Waals surface area (Å²) >= 11 is 12.4. The zero-order chi connectivity index (χ0) is 25.6. The summed E-state index contributed by atoms with van der Waals surface area (Å²) in [6, 6.07) is 30.8. The molecule has 5 nitrogen and oxygen atoms in total. The van der Waals surface area contributed by atoms with Crippen LogP contribution >= 0.6 is 35.6 Å². The molecule has 0 radical (unpaired) electrons. The van der Waals surface area contributed by atoms with Crippen molar-refractivity contribution < 1.29 is 9.63 Å². The van der Waals surface area contributed by atoms with Gasteiger partial charge in [0.1, 0.15) is 5.71 Å². The van der Waals surface area contributed by atoms with Crippen LogP contribution in [0.1, 0.15) is 15.9 Å². The predicted molar refractivity (Wildman–Crippen MR) is 155 cm³/mol. The molecule has 0 unspecified atom stereocenters. The van der Waals surface area contributed by atoms with Crippen LogP contribution in [0.15, 0.2) is 121 Å². The SMILES string of the molecule is Cl.O=C(O/N=C(\Cn1ccnc1)c1ccc(Cl)cc1Cl)c1ccc(-c2ccc(-c3ccccc3)cc2)cc1. The number of oxime groups is 1. The summed E-state index contributed by atoms with van der Waals surface area (Å²) in [5.74, 6) is -0.570. The number of aromatic nitrogens is 2. The lowest BCUT2D eigenvalue weighted by atomic mass is 10.00. The van der Waals surface area contributed by atoms with E-state index in [2.05, 4.69) is 46.5 Å². The van der Waals surface area contributed by atoms with Gasteiger partial charge in [-0.2, -0.15) is 0 Å². The van der Waals surface area contributed by atoms with Crippen LogP contribution in [0.25, 0.3) is 22.3 Å². The molecule has 8 heteroatoms. The Morgan fingerprint density at radius 3 is 2.00 bits per heavy atom. The van der Waals surface area contributed by atoms with Crippen LogP contribution in [0.3, 0.4) is 0 Å². The Kier molecular flexibility index (Phi) is 8.98. The van der Waals surface area contributed by atoms with Crippen LogP contribution < -0.4 is 0 Å². The fourth-order valence-corrected chi connectivity index (χ4v) is 4.39. The van der Waals surface area contributed by atoms with Gasteiger partial charge in [0.25, 0.3) is 0 Å². The van der Waals surface area contributed by atoms with E-state index in [0.29, 0.717) is 33.4 Å². The van der Waals surface area contributed by atoms with E-state index in [-0.39, 0.29) is 12.4 Å². The molecule has 4 aromatic carbocycles. The first kappa shape index (κ1) is 27.1. The Balaban J connectivity index is 0.00000336. The highest BCUT2D eigenvalue weighted by Crippen LogP contribution is 2.26. The zero-order valence-corrected chi connectivity index (χ0v) is 22.3. The van der Waals surface area contributed by atoms with E-state index >= 15 is 0 Å². The molecule has 1 heterocycles. The lowest BCUT2D eigenvalue weighted by molar-refractivity contribution is 0.0515. The van der Waals surface area contributed by atoms with Crippen molar-refractivity contribution in [3.63, 3.8) is 0 Å². The van der Waals surface area contributed by atoms with Crippen LogP contribution in [-0.2, 0) is 11.4 Å². The van der Waals surface area contributed by atoms with Crippen LogP contribution in [0.2, 0.25) is 10.0 Å². The van der Waals surface area contributed by atoms with Crippen molar-refractivity contribution in [2.24, 2.45) is 5.16 Å². The first-order valence-corrected chi connectivity index (χ1v) is 12.3. The highest BCUT2D eigenvalue weighted by atomic mass is 35.5. The van der Waals surface area contributed by atoms with E-state index in [0.717, 1.165) is 16.7 Å². The smallest absolute Gasteiger partial charge is 0.331 e. The highest BCUT2D eigenvalue weighted by Gasteiger charge is 2.14. The molecular formula is C30H22Cl3N3O2. The van der Waals surface area contributed by atoms with Crippen molar-refractivity contribution in [2.45, 2.75) is 6.54 Å². The maximum atomic E-state index is 12.8. The van der Waals surface area contributed by atoms with E-state index in [9.17, 15) is 4.79 Å². The Morgan fingerprint density at radius 1 is 0.816 bits per heavy atom. The second-order valence-electron chi connectivity index (χ2n) is 8.30. The standard InChI is InChI=1S/C30H21Cl2N3O2.ClH/c31-26-14-15-27(28(32)18-26)29(19-35-17-16-33-20-35)34-37-30(36)25-12-10-24(11-13-25)23-8-6-22(7-9-23)21-4-2-1-3-5-21;/h1-18,20H,19H2;1H/b34-29+;. The maximum Gasteiger partial charge on any atom is 0.365 e. The molecule has 0 fully saturated rings. The van der Waals surface area contributed by atoms with Gasteiger partial charge in [-0.15, -0.1) is 12.4 Å². The third-order valence-corrected chi connectivity index (χ3v) is 6.37. The van der Waals surface area contributed by atoms with Gasteiger partial charge in [-0.1, -0.05) is 95.1 Å². The average Bonchev–Trinajstić information content (AvgIpc) is 3.45. The van der Waals surface area contributed by atoms with Crippen molar-refractivity contribution in [1.29, 1.82) is 0 Å². The number of rotatable bonds is 7. The summed E-state index contributed by atoms with van der Waals surface area (Å²) in [6.45, 7) is 0.312. The van der Waals surface area contributed by atoms with Gasteiger partial charge < -0.3 is 9.40 Å². The molecule has 0 aliphatic rings. The Bertz CT molecular complexity index is 1530. The maximum absolute atomic E-state index is 12.8. The molecule has 0 saturated carbocycles. The minimum atomic E-state index is -0.570. The van der Waals surface area contributed by atoms with Crippen LogP contribution in [0.5, 0.6) is 0 Å². The number of benzene rings is 4. The summed E-state index contributed by atoms with van der Waals surface area (Å²) < 4.78 is 1.80. The highest BCUT2D eigenvalue weighted by molar-refractivity contribution is 6.37. The van der Waals surface area contributed by atoms with Gasteiger partial charge in [0.2, 0.25) is 0 Å². The average molecular weight is 563 g/mol. The molecule has 0 atom stereocenters. The van der Waals surface area contributed by atoms with Crippen molar-refractivity contribution in [3.05, 3.63) is 137 Å². The number of halogens is 3. The van der Waals surface area contributed by atoms with E-state index in [1.54, 1.807) is 53.6 Å². The van der Waals surface area contributed by atoms with Gasteiger partial charge in [0.15, 0.2) is 0 Å². The number of nitrogens with zero attached hydrogens (tertiary/aromatic N) is 3. The molecule has 38 heavy (non-hydrogen) atoms. The molecule has 0 aliphatic heterocycles. The number of carbonyl (C=O) groups is 1. The lowest BCUT2D eigenvalue weighted by Crippen LogP contribution is -2.13. The zero-order valence-electron chi connectivity index (χ0n) is 20.0. The number of carbonyl (C=O) groups excluding carboxylic acids is 1. The summed E-state index contributed by atoms with van der Waals surface area (Å²) in [7, 11) is 0. The van der Waals surface area contributed by atoms with Crippen LogP contribution in [0, 0.1) is 0 Å². The van der Waals surface area contributed by atoms with Gasteiger partial charge in [0, 0.05) is 23.0 Å². The lowest BCUT2D eigenvalue weighted by Gasteiger charge is -2.10. The number of hydrogen-bond acceptors (Lipinski definition) is 4.